The lowest BCUT2D eigenvalue weighted by atomic mass is 10.1. The normalized spacial score (nSPS) is 19.4. The van der Waals surface area contributed by atoms with E-state index >= 15 is 0 Å². The lowest BCUT2D eigenvalue weighted by Crippen LogP contribution is -2.12. The molecule has 24 heavy (non-hydrogen) atoms. The second-order valence-corrected chi connectivity index (χ2v) is 5.80. The summed E-state index contributed by atoms with van der Waals surface area (Å²) in [7, 11) is 4.67. The van der Waals surface area contributed by atoms with Crippen molar-refractivity contribution in [3.8, 4) is 17.2 Å². The summed E-state index contributed by atoms with van der Waals surface area (Å²) in [6.07, 6.45) is 6.02. The van der Waals surface area contributed by atoms with Crippen LogP contribution in [-0.4, -0.2) is 33.2 Å². The number of aliphatic imine (C=N–C) groups is 1. The summed E-state index contributed by atoms with van der Waals surface area (Å²) in [6.45, 7) is 0. The van der Waals surface area contributed by atoms with E-state index in [-0.39, 0.29) is 11.6 Å². The number of hydrogen-bond donors (Lipinski definition) is 0. The van der Waals surface area contributed by atoms with Crippen molar-refractivity contribution in [1.82, 2.24) is 0 Å². The second-order valence-electron chi connectivity index (χ2n) is 5.80. The summed E-state index contributed by atoms with van der Waals surface area (Å²) >= 11 is 0. The number of carbonyl (C=O) groups excluding carboxylic acids is 1. The monoisotopic (exact) mass is 331 g/mol. The molecule has 2 aliphatic rings. The molecule has 0 saturated heterocycles. The van der Waals surface area contributed by atoms with Gasteiger partial charge in [-0.15, -0.1) is 0 Å². The third-order valence-corrected chi connectivity index (χ3v) is 4.37. The first kappa shape index (κ1) is 16.4. The Morgan fingerprint density at radius 2 is 1.67 bits per heavy atom. The molecule has 6 heteroatoms. The fraction of sp³-hybridized carbons (Fsp3) is 0.444. The molecule has 1 heterocycles. The molecule has 3 rings (SSSR count). The van der Waals surface area contributed by atoms with E-state index in [2.05, 4.69) is 4.99 Å². The van der Waals surface area contributed by atoms with Gasteiger partial charge in [-0.3, -0.25) is 0 Å². The molecule has 1 aromatic rings. The van der Waals surface area contributed by atoms with Gasteiger partial charge in [0.15, 0.2) is 17.2 Å². The summed E-state index contributed by atoms with van der Waals surface area (Å²) in [4.78, 5) is 16.5. The maximum atomic E-state index is 12.1. The highest BCUT2D eigenvalue weighted by atomic mass is 16.6. The minimum absolute atomic E-state index is 0.257. The average Bonchev–Trinajstić information content (AvgIpc) is 3.24. The quantitative estimate of drug-likeness (QED) is 0.612. The number of rotatable bonds is 5. The van der Waals surface area contributed by atoms with Crippen LogP contribution in [0.5, 0.6) is 17.2 Å². The number of cyclic esters (lactones) is 1. The van der Waals surface area contributed by atoms with Crippen LogP contribution in [0.2, 0.25) is 0 Å². The van der Waals surface area contributed by atoms with Gasteiger partial charge < -0.3 is 18.9 Å². The third kappa shape index (κ3) is 3.09. The number of methoxy groups -OCH3 is 3. The summed E-state index contributed by atoms with van der Waals surface area (Å²) in [6, 6.07) is 3.47. The summed E-state index contributed by atoms with van der Waals surface area (Å²) in [5.41, 5.74) is 0.959. The van der Waals surface area contributed by atoms with Crippen LogP contribution in [0.25, 0.3) is 6.08 Å². The Kier molecular flexibility index (Phi) is 4.74. The van der Waals surface area contributed by atoms with E-state index in [9.17, 15) is 4.79 Å². The highest BCUT2D eigenvalue weighted by molar-refractivity contribution is 6.08. The molecule has 0 amide bonds. The predicted molar refractivity (Wildman–Crippen MR) is 89.6 cm³/mol. The summed E-state index contributed by atoms with van der Waals surface area (Å²) < 4.78 is 21.3. The van der Waals surface area contributed by atoms with Crippen LogP contribution in [0.15, 0.2) is 22.8 Å². The lowest BCUT2D eigenvalue weighted by molar-refractivity contribution is -0.130. The van der Waals surface area contributed by atoms with Crippen molar-refractivity contribution in [2.75, 3.05) is 21.3 Å². The third-order valence-electron chi connectivity index (χ3n) is 4.37. The van der Waals surface area contributed by atoms with E-state index < -0.39 is 5.97 Å². The number of hydrogen-bond acceptors (Lipinski definition) is 6. The molecule has 6 nitrogen and oxygen atoms in total. The maximum absolute atomic E-state index is 12.1. The second kappa shape index (κ2) is 6.95. The van der Waals surface area contributed by atoms with Gasteiger partial charge in [0.2, 0.25) is 5.90 Å². The number of esters is 1. The Balaban J connectivity index is 1.96. The van der Waals surface area contributed by atoms with Crippen molar-refractivity contribution in [2.24, 2.45) is 10.9 Å². The first-order chi connectivity index (χ1) is 11.7. The highest BCUT2D eigenvalue weighted by Crippen LogP contribution is 2.37. The van der Waals surface area contributed by atoms with Gasteiger partial charge >= 0.3 is 5.97 Å². The largest absolute Gasteiger partial charge is 0.496 e. The van der Waals surface area contributed by atoms with Gasteiger partial charge in [0.25, 0.3) is 0 Å². The van der Waals surface area contributed by atoms with Crippen LogP contribution < -0.4 is 14.2 Å². The number of benzene rings is 1. The van der Waals surface area contributed by atoms with Crippen molar-refractivity contribution in [3.05, 3.63) is 23.4 Å². The Bertz CT molecular complexity index is 702. The van der Waals surface area contributed by atoms with E-state index in [1.165, 1.54) is 0 Å². The molecule has 1 aromatic carbocycles. The molecule has 1 fully saturated rings. The van der Waals surface area contributed by atoms with E-state index in [1.807, 2.05) is 0 Å². The first-order valence-electron chi connectivity index (χ1n) is 7.98. The lowest BCUT2D eigenvalue weighted by Gasteiger charge is -2.12. The zero-order chi connectivity index (χ0) is 17.1. The van der Waals surface area contributed by atoms with E-state index in [1.54, 1.807) is 39.5 Å². The van der Waals surface area contributed by atoms with Gasteiger partial charge in [0, 0.05) is 17.5 Å². The molecule has 0 aromatic heterocycles. The molecule has 0 radical (unpaired) electrons. The molecule has 128 valence electrons. The van der Waals surface area contributed by atoms with Crippen molar-refractivity contribution in [2.45, 2.75) is 25.7 Å². The van der Waals surface area contributed by atoms with Crippen LogP contribution >= 0.6 is 0 Å². The molecule has 0 bridgehead atoms. The fourth-order valence-corrected chi connectivity index (χ4v) is 3.09. The van der Waals surface area contributed by atoms with Crippen LogP contribution in [-0.2, 0) is 9.53 Å². The molecule has 1 aliphatic carbocycles. The molecule has 0 atom stereocenters. The van der Waals surface area contributed by atoms with Crippen LogP contribution in [0, 0.1) is 5.92 Å². The molecule has 0 N–H and O–H groups in total. The van der Waals surface area contributed by atoms with Gasteiger partial charge in [0.1, 0.15) is 5.75 Å². The number of nitrogens with zero attached hydrogens (tertiary/aromatic N) is 1. The van der Waals surface area contributed by atoms with Crippen molar-refractivity contribution < 1.29 is 23.7 Å². The molecule has 0 spiro atoms. The molecular weight excluding hydrogens is 310 g/mol. The minimum Gasteiger partial charge on any atom is -0.496 e. The van der Waals surface area contributed by atoms with Gasteiger partial charge in [-0.05, 0) is 25.0 Å². The van der Waals surface area contributed by atoms with Crippen LogP contribution in [0.3, 0.4) is 0 Å². The van der Waals surface area contributed by atoms with Gasteiger partial charge in [-0.2, -0.15) is 0 Å². The smallest absolute Gasteiger partial charge is 0.363 e. The van der Waals surface area contributed by atoms with Crippen molar-refractivity contribution in [3.63, 3.8) is 0 Å². The average molecular weight is 331 g/mol. The van der Waals surface area contributed by atoms with E-state index in [0.717, 1.165) is 25.7 Å². The number of ether oxygens (including phenoxy) is 4. The van der Waals surface area contributed by atoms with E-state index in [4.69, 9.17) is 18.9 Å². The fourth-order valence-electron chi connectivity index (χ4n) is 3.09. The van der Waals surface area contributed by atoms with E-state index in [0.29, 0.717) is 28.7 Å². The topological polar surface area (TPSA) is 66.3 Å². The number of carbonyl (C=O) groups is 1. The maximum Gasteiger partial charge on any atom is 0.363 e. The predicted octanol–water partition coefficient (Wildman–Crippen LogP) is 3.20. The van der Waals surface area contributed by atoms with Crippen LogP contribution in [0.1, 0.15) is 31.2 Å². The zero-order valence-corrected chi connectivity index (χ0v) is 14.1. The van der Waals surface area contributed by atoms with Gasteiger partial charge in [-0.1, -0.05) is 12.8 Å². The van der Waals surface area contributed by atoms with Crippen molar-refractivity contribution in [1.29, 1.82) is 0 Å². The summed E-state index contributed by atoms with van der Waals surface area (Å²) in [5, 5.41) is 0. The van der Waals surface area contributed by atoms with Gasteiger partial charge in [-0.25, -0.2) is 9.79 Å². The Morgan fingerprint density at radius 1 is 1.04 bits per heavy atom. The molecular formula is C18H21NO5. The van der Waals surface area contributed by atoms with Crippen molar-refractivity contribution >= 4 is 17.9 Å². The van der Waals surface area contributed by atoms with Gasteiger partial charge in [0.05, 0.1) is 21.3 Å². The first-order valence-corrected chi connectivity index (χ1v) is 7.98. The Morgan fingerprint density at radius 3 is 2.29 bits per heavy atom. The van der Waals surface area contributed by atoms with Crippen LogP contribution in [0.4, 0.5) is 0 Å². The SMILES string of the molecule is COc1cc(OC)c(OC)cc1/C=C1/N=C(C2CCCC2)OC1=O. The standard InChI is InChI=1S/C18H21NO5/c1-21-14-10-16(23-3)15(22-2)9-12(14)8-13-18(20)24-17(19-13)11-6-4-5-7-11/h8-11H,4-7H2,1-3H3/b13-8+. The minimum atomic E-state index is -0.422. The zero-order valence-electron chi connectivity index (χ0n) is 14.1. The Hall–Kier alpha value is -2.50. The Labute approximate surface area is 141 Å². The molecule has 1 aliphatic heterocycles. The summed E-state index contributed by atoms with van der Waals surface area (Å²) in [5.74, 6) is 2.05. The highest BCUT2D eigenvalue weighted by Gasteiger charge is 2.31. The molecule has 0 unspecified atom stereocenters. The molecule has 1 saturated carbocycles.